The van der Waals surface area contributed by atoms with Crippen molar-refractivity contribution in [1.82, 2.24) is 5.32 Å². The quantitative estimate of drug-likeness (QED) is 0.759. The molecule has 0 bridgehead atoms. The molecular formula is C15H20N2O. The van der Waals surface area contributed by atoms with Crippen LogP contribution in [0.4, 0.5) is 5.69 Å². The van der Waals surface area contributed by atoms with Gasteiger partial charge in [-0.15, -0.1) is 0 Å². The lowest BCUT2D eigenvalue weighted by atomic mass is 10.3. The summed E-state index contributed by atoms with van der Waals surface area (Å²) in [5.74, 6) is 0. The number of hydrogen-bond donors (Lipinski definition) is 1. The minimum atomic E-state index is 0.864. The summed E-state index contributed by atoms with van der Waals surface area (Å²) in [5, 5.41) is 3.42. The molecule has 0 spiro atoms. The number of rotatable bonds is 7. The average molecular weight is 244 g/mol. The molecule has 0 aliphatic carbocycles. The molecule has 1 aromatic carbocycles. The second kappa shape index (κ2) is 6.87. The average Bonchev–Trinajstić information content (AvgIpc) is 2.93. The normalized spacial score (nSPS) is 10.5. The van der Waals surface area contributed by atoms with Crippen molar-refractivity contribution in [1.29, 1.82) is 0 Å². The Bertz CT molecular complexity index is 425. The molecule has 0 aliphatic rings. The number of likely N-dealkylation sites (N-methyl/N-ethyl adjacent to an activating group) is 1. The van der Waals surface area contributed by atoms with Crippen LogP contribution in [0.15, 0.2) is 53.3 Å². The summed E-state index contributed by atoms with van der Waals surface area (Å²) in [4.78, 5) is 2.36. The van der Waals surface area contributed by atoms with Gasteiger partial charge < -0.3 is 14.6 Å². The van der Waals surface area contributed by atoms with Crippen LogP contribution in [-0.2, 0) is 6.54 Å². The number of hydrogen-bond acceptors (Lipinski definition) is 3. The SMILES string of the molecule is CCN(CCNCc1ccoc1)c1ccccc1. The van der Waals surface area contributed by atoms with Gasteiger partial charge in [-0.2, -0.15) is 0 Å². The first-order chi connectivity index (χ1) is 8.90. The number of furan rings is 1. The lowest BCUT2D eigenvalue weighted by molar-refractivity contribution is 0.560. The lowest BCUT2D eigenvalue weighted by Gasteiger charge is -2.23. The van der Waals surface area contributed by atoms with E-state index in [1.54, 1.807) is 12.5 Å². The molecule has 2 rings (SSSR count). The summed E-state index contributed by atoms with van der Waals surface area (Å²) in [6.45, 7) is 6.05. The first-order valence-corrected chi connectivity index (χ1v) is 6.42. The van der Waals surface area contributed by atoms with Gasteiger partial charge in [0, 0.05) is 37.4 Å². The van der Waals surface area contributed by atoms with E-state index in [0.717, 1.165) is 26.2 Å². The van der Waals surface area contributed by atoms with Crippen LogP contribution in [0.3, 0.4) is 0 Å². The maximum Gasteiger partial charge on any atom is 0.0947 e. The standard InChI is InChI=1S/C15H20N2O/c1-2-17(15-6-4-3-5-7-15)10-9-16-12-14-8-11-18-13-14/h3-8,11,13,16H,2,9-10,12H2,1H3. The fraction of sp³-hybridized carbons (Fsp3) is 0.333. The summed E-state index contributed by atoms with van der Waals surface area (Å²) in [6.07, 6.45) is 3.49. The highest BCUT2D eigenvalue weighted by atomic mass is 16.3. The molecule has 2 aromatic rings. The molecular weight excluding hydrogens is 224 g/mol. The van der Waals surface area contributed by atoms with Crippen LogP contribution in [0.1, 0.15) is 12.5 Å². The van der Waals surface area contributed by atoms with E-state index in [1.807, 2.05) is 6.07 Å². The Morgan fingerprint density at radius 3 is 2.67 bits per heavy atom. The highest BCUT2D eigenvalue weighted by molar-refractivity contribution is 5.45. The summed E-state index contributed by atoms with van der Waals surface area (Å²) in [6, 6.07) is 12.5. The molecule has 0 amide bonds. The number of benzene rings is 1. The molecule has 0 saturated heterocycles. The molecule has 96 valence electrons. The molecule has 18 heavy (non-hydrogen) atoms. The fourth-order valence-corrected chi connectivity index (χ4v) is 1.95. The van der Waals surface area contributed by atoms with Crippen LogP contribution in [0.2, 0.25) is 0 Å². The number of nitrogens with one attached hydrogen (secondary N) is 1. The lowest BCUT2D eigenvalue weighted by Crippen LogP contribution is -2.31. The molecule has 1 heterocycles. The maximum absolute atomic E-state index is 5.03. The van der Waals surface area contributed by atoms with Crippen LogP contribution in [-0.4, -0.2) is 19.6 Å². The molecule has 1 aromatic heterocycles. The maximum atomic E-state index is 5.03. The van der Waals surface area contributed by atoms with Crippen LogP contribution >= 0.6 is 0 Å². The molecule has 0 saturated carbocycles. The minimum absolute atomic E-state index is 0.864. The van der Waals surface area contributed by atoms with Crippen LogP contribution in [0.25, 0.3) is 0 Å². The second-order valence-electron chi connectivity index (χ2n) is 4.22. The first kappa shape index (κ1) is 12.7. The molecule has 0 radical (unpaired) electrons. The van der Waals surface area contributed by atoms with Gasteiger partial charge in [0.25, 0.3) is 0 Å². The molecule has 0 atom stereocenters. The topological polar surface area (TPSA) is 28.4 Å². The summed E-state index contributed by atoms with van der Waals surface area (Å²) in [5.41, 5.74) is 2.47. The third kappa shape index (κ3) is 3.64. The van der Waals surface area contributed by atoms with Crippen LogP contribution in [0, 0.1) is 0 Å². The molecule has 0 unspecified atom stereocenters. The van der Waals surface area contributed by atoms with Crippen LogP contribution in [0.5, 0.6) is 0 Å². The largest absolute Gasteiger partial charge is 0.472 e. The van der Waals surface area contributed by atoms with E-state index in [2.05, 4.69) is 47.5 Å². The summed E-state index contributed by atoms with van der Waals surface area (Å²) in [7, 11) is 0. The van der Waals surface area contributed by atoms with Crippen molar-refractivity contribution in [2.24, 2.45) is 0 Å². The Labute approximate surface area is 108 Å². The Kier molecular flexibility index (Phi) is 4.85. The Balaban J connectivity index is 1.74. The van der Waals surface area contributed by atoms with Gasteiger partial charge in [0.2, 0.25) is 0 Å². The second-order valence-corrected chi connectivity index (χ2v) is 4.22. The van der Waals surface area contributed by atoms with Crippen molar-refractivity contribution in [3.63, 3.8) is 0 Å². The number of nitrogens with zero attached hydrogens (tertiary/aromatic N) is 1. The van der Waals surface area contributed by atoms with Gasteiger partial charge in [0.1, 0.15) is 0 Å². The molecule has 3 nitrogen and oxygen atoms in total. The Hall–Kier alpha value is -1.74. The van der Waals surface area contributed by atoms with E-state index in [4.69, 9.17) is 4.42 Å². The predicted molar refractivity (Wildman–Crippen MR) is 74.7 cm³/mol. The fourth-order valence-electron chi connectivity index (χ4n) is 1.95. The van der Waals surface area contributed by atoms with Crippen LogP contribution < -0.4 is 10.2 Å². The summed E-state index contributed by atoms with van der Waals surface area (Å²) < 4.78 is 5.03. The Morgan fingerprint density at radius 1 is 1.17 bits per heavy atom. The van der Waals surface area contributed by atoms with E-state index in [0.29, 0.717) is 0 Å². The van der Waals surface area contributed by atoms with E-state index < -0.39 is 0 Å². The van der Waals surface area contributed by atoms with Gasteiger partial charge in [-0.3, -0.25) is 0 Å². The molecule has 1 N–H and O–H groups in total. The minimum Gasteiger partial charge on any atom is -0.472 e. The Morgan fingerprint density at radius 2 is 2.00 bits per heavy atom. The van der Waals surface area contributed by atoms with Gasteiger partial charge >= 0.3 is 0 Å². The monoisotopic (exact) mass is 244 g/mol. The number of anilines is 1. The third-order valence-electron chi connectivity index (χ3n) is 2.97. The van der Waals surface area contributed by atoms with E-state index in [1.165, 1.54) is 11.3 Å². The van der Waals surface area contributed by atoms with Crippen molar-refractivity contribution >= 4 is 5.69 Å². The third-order valence-corrected chi connectivity index (χ3v) is 2.97. The number of para-hydroxylation sites is 1. The zero-order chi connectivity index (χ0) is 12.6. The zero-order valence-electron chi connectivity index (χ0n) is 10.8. The van der Waals surface area contributed by atoms with Crippen molar-refractivity contribution < 1.29 is 4.42 Å². The van der Waals surface area contributed by atoms with E-state index in [9.17, 15) is 0 Å². The first-order valence-electron chi connectivity index (χ1n) is 6.42. The summed E-state index contributed by atoms with van der Waals surface area (Å²) >= 11 is 0. The van der Waals surface area contributed by atoms with Crippen molar-refractivity contribution in [2.45, 2.75) is 13.5 Å². The van der Waals surface area contributed by atoms with Crippen molar-refractivity contribution in [3.8, 4) is 0 Å². The van der Waals surface area contributed by atoms with Gasteiger partial charge in [0.05, 0.1) is 12.5 Å². The van der Waals surface area contributed by atoms with E-state index >= 15 is 0 Å². The van der Waals surface area contributed by atoms with Crippen molar-refractivity contribution in [3.05, 3.63) is 54.5 Å². The molecule has 0 aliphatic heterocycles. The van der Waals surface area contributed by atoms with Gasteiger partial charge in [-0.1, -0.05) is 18.2 Å². The molecule has 3 heteroatoms. The predicted octanol–water partition coefficient (Wildman–Crippen LogP) is 2.90. The van der Waals surface area contributed by atoms with Crippen molar-refractivity contribution in [2.75, 3.05) is 24.5 Å². The highest BCUT2D eigenvalue weighted by Crippen LogP contribution is 2.11. The smallest absolute Gasteiger partial charge is 0.0947 e. The highest BCUT2D eigenvalue weighted by Gasteiger charge is 2.02. The van der Waals surface area contributed by atoms with Gasteiger partial charge in [-0.25, -0.2) is 0 Å². The molecule has 0 fully saturated rings. The zero-order valence-corrected chi connectivity index (χ0v) is 10.8. The van der Waals surface area contributed by atoms with E-state index in [-0.39, 0.29) is 0 Å². The van der Waals surface area contributed by atoms with Gasteiger partial charge in [-0.05, 0) is 25.1 Å². The van der Waals surface area contributed by atoms with Gasteiger partial charge in [0.15, 0.2) is 0 Å².